The Labute approximate surface area is 165 Å². The van der Waals surface area contributed by atoms with E-state index in [0.29, 0.717) is 12.5 Å². The zero-order chi connectivity index (χ0) is 21.3. The van der Waals surface area contributed by atoms with Gasteiger partial charge in [-0.2, -0.15) is 0 Å². The van der Waals surface area contributed by atoms with Crippen LogP contribution in [0.25, 0.3) is 0 Å². The quantitative estimate of drug-likeness (QED) is 0.542. The number of hydrogen-bond acceptors (Lipinski definition) is 6. The summed E-state index contributed by atoms with van der Waals surface area (Å²) in [5.41, 5.74) is -0.206. The molecule has 0 saturated carbocycles. The fraction of sp³-hybridized carbons (Fsp3) is 0.333. The van der Waals surface area contributed by atoms with Crippen LogP contribution < -0.4 is 5.32 Å². The van der Waals surface area contributed by atoms with Crippen molar-refractivity contribution in [2.24, 2.45) is 5.92 Å². The number of ether oxygens (including phenoxy) is 1. The second kappa shape index (κ2) is 11.1. The van der Waals surface area contributed by atoms with Crippen LogP contribution in [0.2, 0.25) is 5.15 Å². The van der Waals surface area contributed by atoms with Crippen LogP contribution in [0, 0.1) is 17.6 Å². The number of carbonyl (C=O) groups is 2. The van der Waals surface area contributed by atoms with Gasteiger partial charge in [0.25, 0.3) is 0 Å². The number of pyridine rings is 2. The van der Waals surface area contributed by atoms with E-state index in [-0.39, 0.29) is 22.1 Å². The first kappa shape index (κ1) is 23.2. The van der Waals surface area contributed by atoms with E-state index in [1.807, 2.05) is 0 Å². The number of carboxylic acids is 1. The minimum absolute atomic E-state index is 0.0664. The largest absolute Gasteiger partial charge is 0.478 e. The Morgan fingerprint density at radius 1 is 1.18 bits per heavy atom. The van der Waals surface area contributed by atoms with Gasteiger partial charge in [-0.15, -0.1) is 0 Å². The highest BCUT2D eigenvalue weighted by atomic mass is 35.5. The van der Waals surface area contributed by atoms with Crippen LogP contribution in [-0.2, 0) is 4.74 Å². The van der Waals surface area contributed by atoms with Gasteiger partial charge in [0.15, 0.2) is 0 Å². The average molecular weight is 416 g/mol. The summed E-state index contributed by atoms with van der Waals surface area (Å²) in [7, 11) is 1.18. The number of carboxylic acid groups (broad SMARTS) is 1. The summed E-state index contributed by atoms with van der Waals surface area (Å²) < 4.78 is 29.7. The van der Waals surface area contributed by atoms with Crippen molar-refractivity contribution in [2.75, 3.05) is 19.0 Å². The molecular weight excluding hydrogens is 396 g/mol. The summed E-state index contributed by atoms with van der Waals surface area (Å²) in [6, 6.07) is 1.94. The number of rotatable bonds is 6. The fourth-order valence-corrected chi connectivity index (χ4v) is 2.08. The molecule has 0 aliphatic heterocycles. The first-order valence-electron chi connectivity index (χ1n) is 8.17. The normalized spacial score (nSPS) is 10.1. The third-order valence-electron chi connectivity index (χ3n) is 3.31. The Hall–Kier alpha value is -2.81. The monoisotopic (exact) mass is 415 g/mol. The van der Waals surface area contributed by atoms with E-state index in [1.54, 1.807) is 0 Å². The predicted octanol–water partition coefficient (Wildman–Crippen LogP) is 4.04. The summed E-state index contributed by atoms with van der Waals surface area (Å²) in [6.07, 6.45) is 2.83. The molecule has 0 atom stereocenters. The van der Waals surface area contributed by atoms with Crippen molar-refractivity contribution in [1.82, 2.24) is 9.97 Å². The Bertz CT molecular complexity index is 834. The maximum absolute atomic E-state index is 12.8. The summed E-state index contributed by atoms with van der Waals surface area (Å²) in [4.78, 5) is 28.9. The molecule has 2 aromatic rings. The molecule has 0 amide bonds. The zero-order valence-corrected chi connectivity index (χ0v) is 16.3. The van der Waals surface area contributed by atoms with E-state index >= 15 is 0 Å². The van der Waals surface area contributed by atoms with E-state index in [4.69, 9.17) is 16.7 Å². The maximum Gasteiger partial charge on any atom is 0.341 e. The molecule has 2 N–H and O–H groups in total. The number of nitrogens with one attached hydrogen (secondary N) is 1. The standard InChI is InChI=1S/C11H15FN2O2.C7H5ClFNO2/c1-7(2)3-4-13-10-9(11(15)16)5-8(12)6-14-10;1-12-7(11)5-2-4(9)3-10-6(5)8/h5-7H,3-4H2,1-2H3,(H,13,14)(H,15,16);2-3H,1H3. The number of hydrogen-bond donors (Lipinski definition) is 2. The van der Waals surface area contributed by atoms with E-state index in [0.717, 1.165) is 30.9 Å². The molecule has 2 heterocycles. The van der Waals surface area contributed by atoms with Crippen LogP contribution in [0.1, 0.15) is 41.0 Å². The highest BCUT2D eigenvalue weighted by Gasteiger charge is 2.13. The molecule has 0 bridgehead atoms. The van der Waals surface area contributed by atoms with Crippen LogP contribution in [0.4, 0.5) is 14.6 Å². The molecule has 0 fully saturated rings. The van der Waals surface area contributed by atoms with E-state index in [1.165, 1.54) is 7.11 Å². The molecule has 7 nitrogen and oxygen atoms in total. The zero-order valence-electron chi connectivity index (χ0n) is 15.5. The summed E-state index contributed by atoms with van der Waals surface area (Å²) in [6.45, 7) is 4.76. The van der Waals surface area contributed by atoms with Crippen molar-refractivity contribution in [3.05, 3.63) is 52.4 Å². The fourth-order valence-electron chi connectivity index (χ4n) is 1.90. The van der Waals surface area contributed by atoms with Gasteiger partial charge in [-0.3, -0.25) is 0 Å². The second-order valence-electron chi connectivity index (χ2n) is 5.95. The lowest BCUT2D eigenvalue weighted by Gasteiger charge is -2.09. The molecule has 0 unspecified atom stereocenters. The highest BCUT2D eigenvalue weighted by molar-refractivity contribution is 6.32. The van der Waals surface area contributed by atoms with Gasteiger partial charge in [-0.05, 0) is 24.5 Å². The minimum Gasteiger partial charge on any atom is -0.478 e. The molecule has 0 saturated heterocycles. The molecule has 0 aliphatic carbocycles. The van der Waals surface area contributed by atoms with Gasteiger partial charge in [0.2, 0.25) is 0 Å². The molecule has 0 aromatic carbocycles. The molecule has 28 heavy (non-hydrogen) atoms. The topological polar surface area (TPSA) is 101 Å². The molecule has 2 rings (SSSR count). The van der Waals surface area contributed by atoms with Gasteiger partial charge in [0.05, 0.1) is 25.1 Å². The predicted molar refractivity (Wildman–Crippen MR) is 99.6 cm³/mol. The molecular formula is C18H20ClF2N3O4. The highest BCUT2D eigenvalue weighted by Crippen LogP contribution is 2.15. The van der Waals surface area contributed by atoms with Crippen LogP contribution in [-0.4, -0.2) is 40.7 Å². The summed E-state index contributed by atoms with van der Waals surface area (Å²) >= 11 is 5.49. The average Bonchev–Trinajstić information content (AvgIpc) is 2.64. The lowest BCUT2D eigenvalue weighted by molar-refractivity contribution is 0.0599. The Balaban J connectivity index is 0.000000292. The maximum atomic E-state index is 12.8. The van der Waals surface area contributed by atoms with E-state index in [9.17, 15) is 18.4 Å². The number of aromatic nitrogens is 2. The lowest BCUT2D eigenvalue weighted by atomic mass is 10.1. The summed E-state index contributed by atoms with van der Waals surface area (Å²) in [5.74, 6) is -2.42. The first-order chi connectivity index (χ1) is 13.1. The van der Waals surface area contributed by atoms with E-state index < -0.39 is 23.6 Å². The van der Waals surface area contributed by atoms with Gasteiger partial charge in [0.1, 0.15) is 28.2 Å². The van der Waals surface area contributed by atoms with Crippen molar-refractivity contribution in [2.45, 2.75) is 20.3 Å². The lowest BCUT2D eigenvalue weighted by Crippen LogP contribution is -2.11. The van der Waals surface area contributed by atoms with Gasteiger partial charge in [0, 0.05) is 6.54 Å². The Morgan fingerprint density at radius 2 is 1.75 bits per heavy atom. The first-order valence-corrected chi connectivity index (χ1v) is 8.55. The molecule has 0 spiro atoms. The SMILES string of the molecule is CC(C)CCNc1ncc(F)cc1C(=O)O.COC(=O)c1cc(F)cnc1Cl. The van der Waals surface area contributed by atoms with Crippen molar-refractivity contribution in [1.29, 1.82) is 0 Å². The van der Waals surface area contributed by atoms with Crippen LogP contribution in [0.15, 0.2) is 24.5 Å². The summed E-state index contributed by atoms with van der Waals surface area (Å²) in [5, 5.41) is 11.7. The second-order valence-corrected chi connectivity index (χ2v) is 6.31. The third-order valence-corrected chi connectivity index (χ3v) is 3.61. The third kappa shape index (κ3) is 7.43. The van der Waals surface area contributed by atoms with Crippen molar-refractivity contribution < 1.29 is 28.2 Å². The minimum atomic E-state index is -1.18. The van der Waals surface area contributed by atoms with Gasteiger partial charge < -0.3 is 15.2 Å². The molecule has 0 aliphatic rings. The molecule has 0 radical (unpaired) electrons. The van der Waals surface area contributed by atoms with E-state index in [2.05, 4.69) is 33.9 Å². The Morgan fingerprint density at radius 3 is 2.29 bits per heavy atom. The number of methoxy groups -OCH3 is 1. The number of aromatic carboxylic acids is 1. The molecule has 10 heteroatoms. The number of nitrogens with zero attached hydrogens (tertiary/aromatic N) is 2. The molecule has 2 aromatic heterocycles. The van der Waals surface area contributed by atoms with Crippen LogP contribution in [0.3, 0.4) is 0 Å². The van der Waals surface area contributed by atoms with Crippen LogP contribution >= 0.6 is 11.6 Å². The van der Waals surface area contributed by atoms with Crippen molar-refractivity contribution >= 4 is 29.4 Å². The van der Waals surface area contributed by atoms with Crippen molar-refractivity contribution in [3.8, 4) is 0 Å². The van der Waals surface area contributed by atoms with Crippen LogP contribution in [0.5, 0.6) is 0 Å². The number of halogens is 3. The van der Waals surface area contributed by atoms with Gasteiger partial charge in [-0.1, -0.05) is 25.4 Å². The number of anilines is 1. The Kier molecular flexibility index (Phi) is 9.23. The van der Waals surface area contributed by atoms with Gasteiger partial charge >= 0.3 is 11.9 Å². The van der Waals surface area contributed by atoms with Crippen molar-refractivity contribution in [3.63, 3.8) is 0 Å². The smallest absolute Gasteiger partial charge is 0.341 e. The number of carbonyl (C=O) groups excluding carboxylic acids is 1. The number of esters is 1. The molecule has 152 valence electrons. The van der Waals surface area contributed by atoms with Gasteiger partial charge in [-0.25, -0.2) is 28.3 Å².